The fraction of sp³-hybridized carbons (Fsp3) is 0.750. The van der Waals surface area contributed by atoms with E-state index >= 15 is 0 Å². The molecule has 1 aliphatic heterocycles. The molecule has 1 aliphatic rings. The zero-order valence-corrected chi connectivity index (χ0v) is 20.1. The first kappa shape index (κ1) is 24.7. The van der Waals surface area contributed by atoms with Crippen LogP contribution in [0.15, 0.2) is 22.5 Å². The largest absolute Gasteiger partial charge is 0.385 e. The number of likely N-dealkylation sites (tertiary alicyclic amines) is 1. The zero-order valence-electron chi connectivity index (χ0n) is 17.0. The van der Waals surface area contributed by atoms with Crippen LogP contribution >= 0.6 is 35.3 Å². The molecule has 1 aromatic heterocycles. The lowest BCUT2D eigenvalue weighted by atomic mass is 10.1. The van der Waals surface area contributed by atoms with Crippen LogP contribution in [0.25, 0.3) is 0 Å². The van der Waals surface area contributed by atoms with E-state index in [2.05, 4.69) is 41.6 Å². The highest BCUT2D eigenvalue weighted by Crippen LogP contribution is 2.16. The quantitative estimate of drug-likeness (QED) is 0.224. The number of guanidine groups is 1. The minimum absolute atomic E-state index is 0. The van der Waals surface area contributed by atoms with Crippen molar-refractivity contribution in [1.29, 1.82) is 0 Å². The zero-order chi connectivity index (χ0) is 18.6. The highest BCUT2D eigenvalue weighted by Gasteiger charge is 2.22. The summed E-state index contributed by atoms with van der Waals surface area (Å²) in [6.07, 6.45) is 4.61. The first-order valence-corrected chi connectivity index (χ1v) is 10.8. The first-order valence-electron chi connectivity index (χ1n) is 9.89. The Labute approximate surface area is 185 Å². The van der Waals surface area contributed by atoms with E-state index in [1.807, 2.05) is 11.3 Å². The van der Waals surface area contributed by atoms with Gasteiger partial charge in [-0.3, -0.25) is 4.99 Å². The summed E-state index contributed by atoms with van der Waals surface area (Å²) >= 11 is 1.84. The second-order valence-electron chi connectivity index (χ2n) is 6.99. The summed E-state index contributed by atoms with van der Waals surface area (Å²) < 4.78 is 11.0. The molecule has 1 fully saturated rings. The third-order valence-corrected chi connectivity index (χ3v) is 5.50. The summed E-state index contributed by atoms with van der Waals surface area (Å²) in [5.41, 5.74) is 0. The van der Waals surface area contributed by atoms with E-state index in [1.54, 1.807) is 7.11 Å². The third kappa shape index (κ3) is 9.58. The van der Waals surface area contributed by atoms with Crippen LogP contribution in [0.1, 0.15) is 38.0 Å². The van der Waals surface area contributed by atoms with Gasteiger partial charge in [0.1, 0.15) is 0 Å². The van der Waals surface area contributed by atoms with Crippen molar-refractivity contribution in [2.45, 2.75) is 45.6 Å². The second kappa shape index (κ2) is 14.6. The summed E-state index contributed by atoms with van der Waals surface area (Å²) in [4.78, 5) is 8.74. The predicted octanol–water partition coefficient (Wildman–Crippen LogP) is 4.03. The molecule has 1 saturated heterocycles. The maximum Gasteiger partial charge on any atom is 0.193 e. The molecular formula is C20H36IN3O2S. The highest BCUT2D eigenvalue weighted by molar-refractivity contribution is 14.0. The van der Waals surface area contributed by atoms with Crippen molar-refractivity contribution in [3.8, 4) is 0 Å². The summed E-state index contributed by atoms with van der Waals surface area (Å²) in [5.74, 6) is 1.62. The molecular weight excluding hydrogens is 473 g/mol. The second-order valence-corrected chi connectivity index (χ2v) is 8.02. The molecule has 0 aromatic carbocycles. The van der Waals surface area contributed by atoms with Gasteiger partial charge in [0.25, 0.3) is 0 Å². The summed E-state index contributed by atoms with van der Waals surface area (Å²) in [5, 5.41) is 5.61. The van der Waals surface area contributed by atoms with E-state index in [0.29, 0.717) is 12.0 Å². The van der Waals surface area contributed by atoms with Gasteiger partial charge >= 0.3 is 0 Å². The number of hydrogen-bond donors (Lipinski definition) is 1. The predicted molar refractivity (Wildman–Crippen MR) is 126 cm³/mol. The Morgan fingerprint density at radius 1 is 1.37 bits per heavy atom. The van der Waals surface area contributed by atoms with Gasteiger partial charge < -0.3 is 19.7 Å². The molecule has 0 aliphatic carbocycles. The number of hydrogen-bond acceptors (Lipinski definition) is 4. The third-order valence-electron chi connectivity index (χ3n) is 4.61. The van der Waals surface area contributed by atoms with Crippen LogP contribution in [-0.4, -0.2) is 63.5 Å². The average molecular weight is 509 g/mol. The van der Waals surface area contributed by atoms with Gasteiger partial charge in [-0.15, -0.1) is 35.3 Å². The molecule has 0 spiro atoms. The molecule has 0 amide bonds. The van der Waals surface area contributed by atoms with Gasteiger partial charge in [-0.1, -0.05) is 13.0 Å². The number of halogens is 1. The van der Waals surface area contributed by atoms with Gasteiger partial charge in [-0.05, 0) is 50.0 Å². The van der Waals surface area contributed by atoms with E-state index < -0.39 is 0 Å². The van der Waals surface area contributed by atoms with Crippen LogP contribution in [0, 0.1) is 5.92 Å². The molecule has 1 N–H and O–H groups in total. The van der Waals surface area contributed by atoms with Gasteiger partial charge in [0.15, 0.2) is 5.96 Å². The van der Waals surface area contributed by atoms with Crippen molar-refractivity contribution in [1.82, 2.24) is 10.2 Å². The molecule has 0 bridgehead atoms. The molecule has 27 heavy (non-hydrogen) atoms. The number of aliphatic imine (C=N–C) groups is 1. The lowest BCUT2D eigenvalue weighted by molar-refractivity contribution is 0.00989. The molecule has 2 rings (SSSR count). The number of nitrogens with one attached hydrogen (secondary N) is 1. The Kier molecular flexibility index (Phi) is 13.3. The molecule has 0 saturated carbocycles. The van der Waals surface area contributed by atoms with Crippen LogP contribution in [-0.2, 0) is 15.9 Å². The Hall–Kier alpha value is -0.380. The van der Waals surface area contributed by atoms with E-state index in [0.717, 1.165) is 71.0 Å². The van der Waals surface area contributed by atoms with Gasteiger partial charge in [0.05, 0.1) is 6.10 Å². The first-order chi connectivity index (χ1) is 12.7. The van der Waals surface area contributed by atoms with Crippen molar-refractivity contribution >= 4 is 41.3 Å². The Morgan fingerprint density at radius 3 is 2.78 bits per heavy atom. The van der Waals surface area contributed by atoms with Crippen molar-refractivity contribution < 1.29 is 9.47 Å². The molecule has 5 nitrogen and oxygen atoms in total. The summed E-state index contributed by atoms with van der Waals surface area (Å²) in [6.45, 7) is 9.80. The number of rotatable bonds is 10. The van der Waals surface area contributed by atoms with Crippen LogP contribution in [0.5, 0.6) is 0 Å². The maximum atomic E-state index is 5.96. The smallest absolute Gasteiger partial charge is 0.193 e. The lowest BCUT2D eigenvalue weighted by Gasteiger charge is -2.34. The summed E-state index contributed by atoms with van der Waals surface area (Å²) in [6, 6.07) is 4.34. The Morgan fingerprint density at radius 2 is 2.15 bits per heavy atom. The average Bonchev–Trinajstić information content (AvgIpc) is 3.16. The normalized spacial score (nSPS) is 16.9. The Bertz CT molecular complexity index is 505. The molecule has 0 radical (unpaired) electrons. The standard InChI is InChI=1S/C20H35N3O2S.HI/c1-4-21-20(22-16-17(2)15-19-7-5-14-26-19)23-10-8-18(9-11-23)25-13-6-12-24-3;/h5,7,14,17-18H,4,6,8-13,15-16H2,1-3H3,(H,21,22);1H. The molecule has 1 unspecified atom stereocenters. The van der Waals surface area contributed by atoms with Crippen molar-refractivity contribution in [3.05, 3.63) is 22.4 Å². The number of thiophene rings is 1. The van der Waals surface area contributed by atoms with E-state index in [4.69, 9.17) is 14.5 Å². The number of ether oxygens (including phenoxy) is 2. The van der Waals surface area contributed by atoms with E-state index in [9.17, 15) is 0 Å². The maximum absolute atomic E-state index is 5.96. The Balaban J connectivity index is 0.00000364. The van der Waals surface area contributed by atoms with Gasteiger partial charge in [-0.25, -0.2) is 0 Å². The fourth-order valence-electron chi connectivity index (χ4n) is 3.19. The molecule has 1 atom stereocenters. The van der Waals surface area contributed by atoms with Crippen LogP contribution in [0.2, 0.25) is 0 Å². The fourth-order valence-corrected chi connectivity index (χ4v) is 4.06. The topological polar surface area (TPSA) is 46.1 Å². The van der Waals surface area contributed by atoms with E-state index in [1.165, 1.54) is 4.88 Å². The van der Waals surface area contributed by atoms with Crippen LogP contribution < -0.4 is 5.32 Å². The molecule has 156 valence electrons. The van der Waals surface area contributed by atoms with Gasteiger partial charge in [-0.2, -0.15) is 0 Å². The van der Waals surface area contributed by atoms with Crippen molar-refractivity contribution in [2.24, 2.45) is 10.9 Å². The number of piperidine rings is 1. The van der Waals surface area contributed by atoms with Crippen molar-refractivity contribution in [3.63, 3.8) is 0 Å². The molecule has 7 heteroatoms. The number of nitrogens with zero attached hydrogens (tertiary/aromatic N) is 2. The lowest BCUT2D eigenvalue weighted by Crippen LogP contribution is -2.47. The van der Waals surface area contributed by atoms with Crippen LogP contribution in [0.3, 0.4) is 0 Å². The van der Waals surface area contributed by atoms with Gasteiger partial charge in [0.2, 0.25) is 0 Å². The molecule has 2 heterocycles. The van der Waals surface area contributed by atoms with Crippen molar-refractivity contribution in [2.75, 3.05) is 46.5 Å². The summed E-state index contributed by atoms with van der Waals surface area (Å²) in [7, 11) is 1.74. The monoisotopic (exact) mass is 509 g/mol. The van der Waals surface area contributed by atoms with Crippen LogP contribution in [0.4, 0.5) is 0 Å². The highest BCUT2D eigenvalue weighted by atomic mass is 127. The number of methoxy groups -OCH3 is 1. The molecule has 1 aromatic rings. The minimum Gasteiger partial charge on any atom is -0.385 e. The van der Waals surface area contributed by atoms with E-state index in [-0.39, 0.29) is 24.0 Å². The van der Waals surface area contributed by atoms with Gasteiger partial charge in [0, 0.05) is 51.4 Å². The minimum atomic E-state index is 0. The SMILES string of the molecule is CCNC(=NCC(C)Cc1cccs1)N1CCC(OCCCOC)CC1.I.